The number of hydrogen-bond acceptors (Lipinski definition) is 3. The number of imide groups is 1. The fourth-order valence-corrected chi connectivity index (χ4v) is 3.29. The first kappa shape index (κ1) is 18.4. The number of amides is 3. The standard InChI is InChI=1S/C19H16Cl2N2O3/c20-14-6-7-15(16(21)10-14)19(26)22-11-17(24)23(18(25)12-22)9-8-13-4-2-1-3-5-13/h1-7,10H,8-9,11-12H2. The summed E-state index contributed by atoms with van der Waals surface area (Å²) in [5.74, 6) is -1.25. The highest BCUT2D eigenvalue weighted by Crippen LogP contribution is 2.23. The van der Waals surface area contributed by atoms with Gasteiger partial charge in [0.15, 0.2) is 0 Å². The summed E-state index contributed by atoms with van der Waals surface area (Å²) in [5.41, 5.74) is 1.26. The Morgan fingerprint density at radius 3 is 2.23 bits per heavy atom. The molecule has 134 valence electrons. The fraction of sp³-hybridized carbons (Fsp3) is 0.211. The van der Waals surface area contributed by atoms with E-state index in [2.05, 4.69) is 0 Å². The zero-order chi connectivity index (χ0) is 18.7. The average molecular weight is 391 g/mol. The number of hydrogen-bond donors (Lipinski definition) is 0. The van der Waals surface area contributed by atoms with Crippen molar-refractivity contribution in [2.45, 2.75) is 6.42 Å². The maximum atomic E-state index is 12.6. The van der Waals surface area contributed by atoms with E-state index in [1.165, 1.54) is 21.9 Å². The molecule has 0 N–H and O–H groups in total. The highest BCUT2D eigenvalue weighted by Gasteiger charge is 2.34. The molecule has 0 bridgehead atoms. The SMILES string of the molecule is O=C(c1ccc(Cl)cc1Cl)N1CC(=O)N(CCc2ccccc2)C(=O)C1. The third-order valence-corrected chi connectivity index (χ3v) is 4.72. The van der Waals surface area contributed by atoms with E-state index in [0.717, 1.165) is 5.56 Å². The van der Waals surface area contributed by atoms with Gasteiger partial charge < -0.3 is 4.90 Å². The first-order valence-corrected chi connectivity index (χ1v) is 8.83. The number of nitrogens with zero attached hydrogens (tertiary/aromatic N) is 2. The van der Waals surface area contributed by atoms with Gasteiger partial charge in [-0.05, 0) is 30.2 Å². The molecule has 7 heteroatoms. The van der Waals surface area contributed by atoms with Crippen molar-refractivity contribution in [3.63, 3.8) is 0 Å². The third-order valence-electron chi connectivity index (χ3n) is 4.17. The highest BCUT2D eigenvalue weighted by molar-refractivity contribution is 6.36. The van der Waals surface area contributed by atoms with E-state index in [1.54, 1.807) is 6.07 Å². The summed E-state index contributed by atoms with van der Waals surface area (Å²) in [4.78, 5) is 39.7. The molecule has 0 saturated carbocycles. The minimum Gasteiger partial charge on any atom is -0.320 e. The lowest BCUT2D eigenvalue weighted by Gasteiger charge is -2.32. The molecule has 2 aromatic rings. The van der Waals surface area contributed by atoms with Crippen molar-refractivity contribution in [3.8, 4) is 0 Å². The molecule has 5 nitrogen and oxygen atoms in total. The van der Waals surface area contributed by atoms with Crippen LogP contribution in [0.5, 0.6) is 0 Å². The molecule has 1 fully saturated rings. The Kier molecular flexibility index (Phi) is 5.59. The van der Waals surface area contributed by atoms with E-state index in [4.69, 9.17) is 23.2 Å². The van der Waals surface area contributed by atoms with Crippen molar-refractivity contribution in [1.29, 1.82) is 0 Å². The topological polar surface area (TPSA) is 57.7 Å². The predicted molar refractivity (Wildman–Crippen MR) is 99.2 cm³/mol. The van der Waals surface area contributed by atoms with Crippen LogP contribution in [0.25, 0.3) is 0 Å². The Bertz CT molecular complexity index is 837. The summed E-state index contributed by atoms with van der Waals surface area (Å²) in [7, 11) is 0. The van der Waals surface area contributed by atoms with Crippen LogP contribution in [0.4, 0.5) is 0 Å². The van der Waals surface area contributed by atoms with Gasteiger partial charge in [0.1, 0.15) is 13.1 Å². The van der Waals surface area contributed by atoms with Crippen LogP contribution in [-0.4, -0.2) is 47.2 Å². The van der Waals surface area contributed by atoms with Crippen molar-refractivity contribution in [1.82, 2.24) is 9.80 Å². The number of benzene rings is 2. The lowest BCUT2D eigenvalue weighted by atomic mass is 10.1. The van der Waals surface area contributed by atoms with Gasteiger partial charge in [0.2, 0.25) is 11.8 Å². The van der Waals surface area contributed by atoms with Crippen LogP contribution < -0.4 is 0 Å². The lowest BCUT2D eigenvalue weighted by molar-refractivity contribution is -0.150. The average Bonchev–Trinajstić information content (AvgIpc) is 2.61. The number of carbonyl (C=O) groups excluding carboxylic acids is 3. The smallest absolute Gasteiger partial charge is 0.256 e. The maximum absolute atomic E-state index is 12.6. The predicted octanol–water partition coefficient (Wildman–Crippen LogP) is 3.05. The molecule has 2 aromatic carbocycles. The molecule has 1 aliphatic heterocycles. The van der Waals surface area contributed by atoms with Gasteiger partial charge in [-0.15, -0.1) is 0 Å². The Morgan fingerprint density at radius 1 is 0.962 bits per heavy atom. The molecule has 1 heterocycles. The molecule has 1 saturated heterocycles. The van der Waals surface area contributed by atoms with Crippen molar-refractivity contribution in [2.75, 3.05) is 19.6 Å². The van der Waals surface area contributed by atoms with Gasteiger partial charge in [-0.2, -0.15) is 0 Å². The highest BCUT2D eigenvalue weighted by atomic mass is 35.5. The Balaban J connectivity index is 1.67. The third kappa shape index (κ3) is 4.06. The minimum atomic E-state index is -0.462. The summed E-state index contributed by atoms with van der Waals surface area (Å²) >= 11 is 11.9. The number of rotatable bonds is 4. The van der Waals surface area contributed by atoms with Crippen LogP contribution in [0.15, 0.2) is 48.5 Å². The van der Waals surface area contributed by atoms with Gasteiger partial charge in [0.25, 0.3) is 5.91 Å². The van der Waals surface area contributed by atoms with Gasteiger partial charge in [0.05, 0.1) is 10.6 Å². The zero-order valence-corrected chi connectivity index (χ0v) is 15.3. The Hall–Kier alpha value is -2.37. The van der Waals surface area contributed by atoms with E-state index in [9.17, 15) is 14.4 Å². The lowest BCUT2D eigenvalue weighted by Crippen LogP contribution is -2.56. The molecule has 3 amide bonds. The van der Waals surface area contributed by atoms with Crippen LogP contribution in [0.2, 0.25) is 10.0 Å². The van der Waals surface area contributed by atoms with Crippen molar-refractivity contribution in [2.24, 2.45) is 0 Å². The van der Waals surface area contributed by atoms with Crippen molar-refractivity contribution >= 4 is 40.9 Å². The number of piperazine rings is 1. The summed E-state index contributed by atoms with van der Waals surface area (Å²) in [6.45, 7) is -0.0119. The maximum Gasteiger partial charge on any atom is 0.256 e. The van der Waals surface area contributed by atoms with Gasteiger partial charge in [-0.3, -0.25) is 19.3 Å². The molecule has 1 aliphatic rings. The van der Waals surface area contributed by atoms with E-state index < -0.39 is 17.7 Å². The molecule has 0 spiro atoms. The second-order valence-electron chi connectivity index (χ2n) is 5.96. The molecule has 0 unspecified atom stereocenters. The van der Waals surface area contributed by atoms with Crippen LogP contribution in [0.3, 0.4) is 0 Å². The monoisotopic (exact) mass is 390 g/mol. The van der Waals surface area contributed by atoms with Crippen LogP contribution in [0.1, 0.15) is 15.9 Å². The van der Waals surface area contributed by atoms with Crippen LogP contribution in [-0.2, 0) is 16.0 Å². The summed E-state index contributed by atoms with van der Waals surface area (Å²) < 4.78 is 0. The van der Waals surface area contributed by atoms with Gasteiger partial charge >= 0.3 is 0 Å². The first-order chi connectivity index (χ1) is 12.5. The van der Waals surface area contributed by atoms with Gasteiger partial charge in [0, 0.05) is 11.6 Å². The van der Waals surface area contributed by atoms with Gasteiger partial charge in [-0.1, -0.05) is 53.5 Å². The zero-order valence-electron chi connectivity index (χ0n) is 13.8. The van der Waals surface area contributed by atoms with Crippen LogP contribution in [0, 0.1) is 0 Å². The molecule has 0 aromatic heterocycles. The summed E-state index contributed by atoms with van der Waals surface area (Å²) in [6, 6.07) is 14.1. The van der Waals surface area contributed by atoms with E-state index >= 15 is 0 Å². The second-order valence-corrected chi connectivity index (χ2v) is 6.80. The first-order valence-electron chi connectivity index (χ1n) is 8.07. The number of carbonyl (C=O) groups is 3. The Labute approximate surface area is 161 Å². The normalized spacial score (nSPS) is 14.7. The summed E-state index contributed by atoms with van der Waals surface area (Å²) in [6.07, 6.45) is 0.579. The number of halogens is 2. The minimum absolute atomic E-state index is 0.154. The Morgan fingerprint density at radius 2 is 1.62 bits per heavy atom. The van der Waals surface area contributed by atoms with E-state index in [1.807, 2.05) is 30.3 Å². The fourth-order valence-electron chi connectivity index (χ4n) is 2.80. The molecule has 0 radical (unpaired) electrons. The quantitative estimate of drug-likeness (QED) is 0.753. The molecule has 26 heavy (non-hydrogen) atoms. The van der Waals surface area contributed by atoms with Crippen LogP contribution >= 0.6 is 23.2 Å². The van der Waals surface area contributed by atoms with E-state index in [0.29, 0.717) is 18.0 Å². The van der Waals surface area contributed by atoms with E-state index in [-0.39, 0.29) is 23.7 Å². The molecule has 0 aliphatic carbocycles. The largest absolute Gasteiger partial charge is 0.320 e. The van der Waals surface area contributed by atoms with Crippen molar-refractivity contribution in [3.05, 3.63) is 69.7 Å². The molecular formula is C19H16Cl2N2O3. The summed E-state index contributed by atoms with van der Waals surface area (Å²) in [5, 5.41) is 0.596. The van der Waals surface area contributed by atoms with Crippen molar-refractivity contribution < 1.29 is 14.4 Å². The molecular weight excluding hydrogens is 375 g/mol. The second kappa shape index (κ2) is 7.89. The van der Waals surface area contributed by atoms with Gasteiger partial charge in [-0.25, -0.2) is 0 Å². The molecule has 0 atom stereocenters. The molecule has 3 rings (SSSR count).